The number of sulfone groups is 1. The normalized spacial score (nSPS) is 18.2. The number of aromatic nitrogens is 1. The summed E-state index contributed by atoms with van der Waals surface area (Å²) >= 11 is 0. The largest absolute Gasteiger partial charge is 0.436 e. The first kappa shape index (κ1) is 23.9. The van der Waals surface area contributed by atoms with Crippen LogP contribution in [0.15, 0.2) is 51.8 Å². The van der Waals surface area contributed by atoms with Gasteiger partial charge >= 0.3 is 0 Å². The first-order valence-electron chi connectivity index (χ1n) is 11.5. The molecule has 1 aliphatic rings. The maximum atomic E-state index is 13.0. The van der Waals surface area contributed by atoms with Gasteiger partial charge in [0.05, 0.1) is 10.6 Å². The van der Waals surface area contributed by atoms with Gasteiger partial charge in [0.2, 0.25) is 11.8 Å². The van der Waals surface area contributed by atoms with Crippen LogP contribution in [-0.4, -0.2) is 55.5 Å². The van der Waals surface area contributed by atoms with E-state index in [1.165, 1.54) is 12.1 Å². The molecule has 0 spiro atoms. The number of oxazole rings is 1. The molecule has 8 nitrogen and oxygen atoms in total. The first-order chi connectivity index (χ1) is 16.2. The minimum Gasteiger partial charge on any atom is -0.436 e. The summed E-state index contributed by atoms with van der Waals surface area (Å²) in [4.78, 5) is 31.5. The van der Waals surface area contributed by atoms with Crippen molar-refractivity contribution in [1.82, 2.24) is 15.2 Å². The van der Waals surface area contributed by atoms with Crippen molar-refractivity contribution < 1.29 is 22.4 Å². The third-order valence-electron chi connectivity index (χ3n) is 6.47. The third-order valence-corrected chi connectivity index (χ3v) is 8.20. The molecule has 1 aromatic heterocycles. The van der Waals surface area contributed by atoms with Crippen LogP contribution in [0, 0.1) is 5.92 Å². The zero-order valence-corrected chi connectivity index (χ0v) is 20.4. The highest BCUT2D eigenvalue weighted by Crippen LogP contribution is 2.30. The molecule has 2 atom stereocenters. The molecule has 0 radical (unpaired) electrons. The minimum absolute atomic E-state index is 0.0145. The molecule has 0 aliphatic heterocycles. The van der Waals surface area contributed by atoms with Crippen LogP contribution >= 0.6 is 0 Å². The van der Waals surface area contributed by atoms with Gasteiger partial charge in [-0.05, 0) is 68.7 Å². The van der Waals surface area contributed by atoms with Crippen molar-refractivity contribution in [2.24, 2.45) is 5.92 Å². The van der Waals surface area contributed by atoms with Crippen LogP contribution in [0.2, 0.25) is 0 Å². The van der Waals surface area contributed by atoms with Crippen molar-refractivity contribution in [1.29, 1.82) is 0 Å². The van der Waals surface area contributed by atoms with Crippen LogP contribution in [0.1, 0.15) is 43.5 Å². The van der Waals surface area contributed by atoms with Crippen molar-refractivity contribution in [3.63, 3.8) is 0 Å². The van der Waals surface area contributed by atoms with Crippen LogP contribution < -0.4 is 5.32 Å². The van der Waals surface area contributed by atoms with Gasteiger partial charge in [0, 0.05) is 36.7 Å². The molecule has 3 aromatic rings. The van der Waals surface area contributed by atoms with Crippen molar-refractivity contribution in [3.05, 3.63) is 48.0 Å². The van der Waals surface area contributed by atoms with E-state index in [2.05, 4.69) is 10.3 Å². The molecule has 34 heavy (non-hydrogen) atoms. The lowest BCUT2D eigenvalue weighted by Crippen LogP contribution is -2.36. The van der Waals surface area contributed by atoms with Gasteiger partial charge in [-0.15, -0.1) is 0 Å². The minimum atomic E-state index is -3.33. The summed E-state index contributed by atoms with van der Waals surface area (Å²) in [7, 11) is -1.55. The maximum Gasteiger partial charge on any atom is 0.253 e. The third kappa shape index (κ3) is 4.70. The van der Waals surface area contributed by atoms with Crippen LogP contribution in [0.4, 0.5) is 0 Å². The number of carbonyl (C=O) groups excluding carboxylic acids is 2. The van der Waals surface area contributed by atoms with E-state index >= 15 is 0 Å². The summed E-state index contributed by atoms with van der Waals surface area (Å²) in [6.07, 6.45) is 2.26. The molecule has 0 bridgehead atoms. The summed E-state index contributed by atoms with van der Waals surface area (Å²) in [5, 5.41) is 2.87. The summed E-state index contributed by atoms with van der Waals surface area (Å²) in [5.41, 5.74) is 2.19. The highest BCUT2D eigenvalue weighted by atomic mass is 32.2. The van der Waals surface area contributed by atoms with E-state index < -0.39 is 9.84 Å². The van der Waals surface area contributed by atoms with Crippen molar-refractivity contribution >= 4 is 32.8 Å². The molecule has 0 saturated heterocycles. The second-order valence-corrected chi connectivity index (χ2v) is 10.9. The Balaban J connectivity index is 1.48. The van der Waals surface area contributed by atoms with Gasteiger partial charge in [-0.3, -0.25) is 9.59 Å². The summed E-state index contributed by atoms with van der Waals surface area (Å²) in [6, 6.07) is 11.7. The fourth-order valence-corrected chi connectivity index (χ4v) is 5.28. The predicted molar refractivity (Wildman–Crippen MR) is 129 cm³/mol. The number of carbonyl (C=O) groups is 2. The molecule has 180 valence electrons. The number of hydrogen-bond acceptors (Lipinski definition) is 6. The number of rotatable bonds is 7. The SMILES string of the molecule is CCNC(=O)[C@H]1CC[C@@H](N(C)C(=O)c2ccc(-c3nc4cc(S(=O)(=O)CC)ccc4o3)cc2)C1. The van der Waals surface area contributed by atoms with Gasteiger partial charge in [-0.25, -0.2) is 13.4 Å². The fraction of sp³-hybridized carbons (Fsp3) is 0.400. The molecule has 1 saturated carbocycles. The molecule has 1 aliphatic carbocycles. The smallest absolute Gasteiger partial charge is 0.253 e. The van der Waals surface area contributed by atoms with Gasteiger partial charge in [0.15, 0.2) is 15.4 Å². The van der Waals surface area contributed by atoms with Crippen LogP contribution in [0.5, 0.6) is 0 Å². The number of amides is 2. The Bertz CT molecular complexity index is 1310. The van der Waals surface area contributed by atoms with Gasteiger partial charge < -0.3 is 14.6 Å². The number of fused-ring (bicyclic) bond motifs is 1. The zero-order chi connectivity index (χ0) is 24.5. The Labute approximate surface area is 199 Å². The Morgan fingerprint density at radius 2 is 1.85 bits per heavy atom. The Morgan fingerprint density at radius 3 is 2.53 bits per heavy atom. The molecular weight excluding hydrogens is 454 g/mol. The second kappa shape index (κ2) is 9.58. The van der Waals surface area contributed by atoms with E-state index in [9.17, 15) is 18.0 Å². The average molecular weight is 484 g/mol. The van der Waals surface area contributed by atoms with Gasteiger partial charge in [-0.1, -0.05) is 6.92 Å². The van der Waals surface area contributed by atoms with E-state index in [0.717, 1.165) is 12.8 Å². The van der Waals surface area contributed by atoms with Crippen molar-refractivity contribution in [2.45, 2.75) is 44.0 Å². The standard InChI is InChI=1S/C25H29N3O5S/c1-4-26-23(29)18-10-11-19(14-18)28(3)25(30)17-8-6-16(7-9-17)24-27-21-15-20(34(31,32)5-2)12-13-22(21)33-24/h6-9,12-13,15,18-19H,4-5,10-11,14H2,1-3H3,(H,26,29)/t18-,19+/m0/s1. The number of nitrogens with one attached hydrogen (secondary N) is 1. The molecule has 1 heterocycles. The summed E-state index contributed by atoms with van der Waals surface area (Å²) in [5.74, 6) is 0.289. The van der Waals surface area contributed by atoms with Crippen LogP contribution in [0.3, 0.4) is 0 Å². The van der Waals surface area contributed by atoms with E-state index in [4.69, 9.17) is 4.42 Å². The van der Waals surface area contributed by atoms with Crippen LogP contribution in [0.25, 0.3) is 22.6 Å². The highest BCUT2D eigenvalue weighted by molar-refractivity contribution is 7.91. The van der Waals surface area contributed by atoms with E-state index in [-0.39, 0.29) is 34.4 Å². The number of hydrogen-bond donors (Lipinski definition) is 1. The summed E-state index contributed by atoms with van der Waals surface area (Å²) < 4.78 is 30.1. The molecule has 1 fully saturated rings. The lowest BCUT2D eigenvalue weighted by molar-refractivity contribution is -0.124. The molecular formula is C25H29N3O5S. The lowest BCUT2D eigenvalue weighted by Gasteiger charge is -2.25. The number of nitrogens with zero attached hydrogens (tertiary/aromatic N) is 2. The van der Waals surface area contributed by atoms with Gasteiger partial charge in [0.1, 0.15) is 5.52 Å². The molecule has 2 amide bonds. The fourth-order valence-electron chi connectivity index (χ4n) is 4.38. The van der Waals surface area contributed by atoms with Crippen LogP contribution in [-0.2, 0) is 14.6 Å². The highest BCUT2D eigenvalue weighted by Gasteiger charge is 2.33. The van der Waals surface area contributed by atoms with E-state index in [1.54, 1.807) is 49.2 Å². The van der Waals surface area contributed by atoms with E-state index in [0.29, 0.717) is 41.1 Å². The zero-order valence-electron chi connectivity index (χ0n) is 19.6. The van der Waals surface area contributed by atoms with Gasteiger partial charge in [0.25, 0.3) is 5.91 Å². The Hall–Kier alpha value is -3.20. The first-order valence-corrected chi connectivity index (χ1v) is 13.2. The molecule has 0 unspecified atom stereocenters. The molecule has 9 heteroatoms. The predicted octanol–water partition coefficient (Wildman–Crippen LogP) is 3.67. The topological polar surface area (TPSA) is 110 Å². The van der Waals surface area contributed by atoms with Crippen molar-refractivity contribution in [3.8, 4) is 11.5 Å². The lowest BCUT2D eigenvalue weighted by atomic mass is 10.1. The average Bonchev–Trinajstić information content (AvgIpc) is 3.50. The molecule has 2 aromatic carbocycles. The summed E-state index contributed by atoms with van der Waals surface area (Å²) in [6.45, 7) is 4.11. The van der Waals surface area contributed by atoms with Gasteiger partial charge in [-0.2, -0.15) is 0 Å². The monoisotopic (exact) mass is 483 g/mol. The van der Waals surface area contributed by atoms with E-state index in [1.807, 2.05) is 6.92 Å². The quantitative estimate of drug-likeness (QED) is 0.549. The van der Waals surface area contributed by atoms with Crippen molar-refractivity contribution in [2.75, 3.05) is 19.3 Å². The number of benzene rings is 2. The Morgan fingerprint density at radius 1 is 1.12 bits per heavy atom. The maximum absolute atomic E-state index is 13.0. The molecule has 4 rings (SSSR count). The second-order valence-electron chi connectivity index (χ2n) is 8.60. The molecule has 1 N–H and O–H groups in total. The Kier molecular flexibility index (Phi) is 6.74.